The topological polar surface area (TPSA) is 0 Å². The van der Waals surface area contributed by atoms with Gasteiger partial charge in [0.2, 0.25) is 0 Å². The Hall–Kier alpha value is -0.170. The van der Waals surface area contributed by atoms with Crippen LogP contribution in [0.1, 0.15) is 39.5 Å². The summed E-state index contributed by atoms with van der Waals surface area (Å²) in [7, 11) is 0. The number of thiol groups is 1. The zero-order chi connectivity index (χ0) is 9.23. The van der Waals surface area contributed by atoms with E-state index >= 15 is 0 Å². The monoisotopic (exact) mass is 184 g/mol. The van der Waals surface area contributed by atoms with E-state index in [0.717, 1.165) is 12.8 Å². The van der Waals surface area contributed by atoms with Crippen LogP contribution in [-0.4, -0.2) is 5.25 Å². The molecule has 70 valence electrons. The standard InChI is InChI=1S/C11H20S/c1-3-5-7-8-10-11(12)9-6-4-2/h6-9,11-12H,3-5,10H2,1-2H3/b8-7-,9-6?. The van der Waals surface area contributed by atoms with Crippen molar-refractivity contribution in [2.75, 3.05) is 0 Å². The summed E-state index contributed by atoms with van der Waals surface area (Å²) in [5.74, 6) is 0. The molecule has 0 amide bonds. The summed E-state index contributed by atoms with van der Waals surface area (Å²) in [6.07, 6.45) is 13.4. The van der Waals surface area contributed by atoms with E-state index < -0.39 is 0 Å². The number of unbranched alkanes of at least 4 members (excludes halogenated alkanes) is 1. The smallest absolute Gasteiger partial charge is 0.0231 e. The van der Waals surface area contributed by atoms with Crippen LogP contribution in [0.4, 0.5) is 0 Å². The molecule has 0 rings (SSSR count). The van der Waals surface area contributed by atoms with Gasteiger partial charge in [-0.1, -0.05) is 44.6 Å². The van der Waals surface area contributed by atoms with Crippen LogP contribution in [0.2, 0.25) is 0 Å². The lowest BCUT2D eigenvalue weighted by atomic mass is 10.2. The molecule has 0 saturated carbocycles. The lowest BCUT2D eigenvalue weighted by molar-refractivity contribution is 0.946. The lowest BCUT2D eigenvalue weighted by Crippen LogP contribution is -1.89. The van der Waals surface area contributed by atoms with Crippen molar-refractivity contribution in [2.24, 2.45) is 0 Å². The first-order valence-electron chi connectivity index (χ1n) is 4.81. The molecule has 0 bridgehead atoms. The minimum Gasteiger partial charge on any atom is -0.171 e. The molecule has 0 aromatic carbocycles. The summed E-state index contributed by atoms with van der Waals surface area (Å²) in [6, 6.07) is 0. The van der Waals surface area contributed by atoms with Gasteiger partial charge in [0, 0.05) is 5.25 Å². The van der Waals surface area contributed by atoms with Crippen LogP contribution in [-0.2, 0) is 0 Å². The summed E-state index contributed by atoms with van der Waals surface area (Å²) in [6.45, 7) is 4.34. The molecule has 0 fully saturated rings. The molecule has 1 heteroatoms. The zero-order valence-corrected chi connectivity index (χ0v) is 9.06. The van der Waals surface area contributed by atoms with Gasteiger partial charge in [-0.3, -0.25) is 0 Å². The van der Waals surface area contributed by atoms with Crippen LogP contribution in [0, 0.1) is 0 Å². The van der Waals surface area contributed by atoms with Crippen molar-refractivity contribution in [1.82, 2.24) is 0 Å². The zero-order valence-electron chi connectivity index (χ0n) is 8.16. The Bertz CT molecular complexity index is 136. The highest BCUT2D eigenvalue weighted by Gasteiger charge is 1.91. The highest BCUT2D eigenvalue weighted by molar-refractivity contribution is 7.81. The first kappa shape index (κ1) is 11.8. The first-order chi connectivity index (χ1) is 5.81. The maximum absolute atomic E-state index is 4.43. The van der Waals surface area contributed by atoms with Gasteiger partial charge in [-0.05, 0) is 19.3 Å². The molecule has 0 aliphatic rings. The number of hydrogen-bond donors (Lipinski definition) is 1. The highest BCUT2D eigenvalue weighted by Crippen LogP contribution is 2.05. The van der Waals surface area contributed by atoms with Gasteiger partial charge in [-0.2, -0.15) is 12.6 Å². The van der Waals surface area contributed by atoms with Crippen molar-refractivity contribution in [3.63, 3.8) is 0 Å². The van der Waals surface area contributed by atoms with Crippen molar-refractivity contribution in [3.05, 3.63) is 24.3 Å². The molecular formula is C11H20S. The molecule has 1 atom stereocenters. The molecule has 0 aromatic heterocycles. The molecule has 12 heavy (non-hydrogen) atoms. The maximum Gasteiger partial charge on any atom is 0.0231 e. The Morgan fingerprint density at radius 1 is 1.17 bits per heavy atom. The van der Waals surface area contributed by atoms with E-state index in [2.05, 4.69) is 50.8 Å². The van der Waals surface area contributed by atoms with Gasteiger partial charge in [0.25, 0.3) is 0 Å². The Morgan fingerprint density at radius 2 is 1.92 bits per heavy atom. The summed E-state index contributed by atoms with van der Waals surface area (Å²) >= 11 is 4.43. The number of allylic oxidation sites excluding steroid dienone is 3. The van der Waals surface area contributed by atoms with Gasteiger partial charge in [0.15, 0.2) is 0 Å². The summed E-state index contributed by atoms with van der Waals surface area (Å²) < 4.78 is 0. The third kappa shape index (κ3) is 7.93. The largest absolute Gasteiger partial charge is 0.171 e. The van der Waals surface area contributed by atoms with Gasteiger partial charge in [-0.25, -0.2) is 0 Å². The quantitative estimate of drug-likeness (QED) is 0.468. The van der Waals surface area contributed by atoms with Gasteiger partial charge in [-0.15, -0.1) is 0 Å². The Balaban J connectivity index is 3.42. The van der Waals surface area contributed by atoms with Gasteiger partial charge >= 0.3 is 0 Å². The summed E-state index contributed by atoms with van der Waals surface area (Å²) in [4.78, 5) is 0. The molecule has 0 radical (unpaired) electrons. The predicted molar refractivity (Wildman–Crippen MR) is 60.9 cm³/mol. The molecular weight excluding hydrogens is 164 g/mol. The van der Waals surface area contributed by atoms with Crippen LogP contribution >= 0.6 is 12.6 Å². The Labute approximate surface area is 82.2 Å². The van der Waals surface area contributed by atoms with Crippen molar-refractivity contribution in [3.8, 4) is 0 Å². The fraction of sp³-hybridized carbons (Fsp3) is 0.636. The van der Waals surface area contributed by atoms with E-state index in [1.807, 2.05) is 0 Å². The number of hydrogen-bond acceptors (Lipinski definition) is 1. The molecule has 0 aliphatic carbocycles. The minimum absolute atomic E-state index is 0.401. The molecule has 0 N–H and O–H groups in total. The molecule has 0 spiro atoms. The molecule has 0 aromatic rings. The second-order valence-electron chi connectivity index (χ2n) is 2.90. The van der Waals surface area contributed by atoms with E-state index in [1.165, 1.54) is 12.8 Å². The van der Waals surface area contributed by atoms with Crippen molar-refractivity contribution in [2.45, 2.75) is 44.8 Å². The third-order valence-corrected chi connectivity index (χ3v) is 1.98. The van der Waals surface area contributed by atoms with Gasteiger partial charge < -0.3 is 0 Å². The summed E-state index contributed by atoms with van der Waals surface area (Å²) in [5, 5.41) is 0.401. The third-order valence-electron chi connectivity index (χ3n) is 1.59. The SMILES string of the molecule is CCC=CC(S)C/C=C\CCC. The van der Waals surface area contributed by atoms with Gasteiger partial charge in [0.05, 0.1) is 0 Å². The lowest BCUT2D eigenvalue weighted by Gasteiger charge is -1.98. The fourth-order valence-corrected chi connectivity index (χ4v) is 1.14. The average molecular weight is 184 g/mol. The van der Waals surface area contributed by atoms with Crippen molar-refractivity contribution < 1.29 is 0 Å². The highest BCUT2D eigenvalue weighted by atomic mass is 32.1. The molecule has 0 saturated heterocycles. The Morgan fingerprint density at radius 3 is 2.50 bits per heavy atom. The van der Waals surface area contributed by atoms with Crippen LogP contribution < -0.4 is 0 Å². The fourth-order valence-electron chi connectivity index (χ4n) is 0.892. The average Bonchev–Trinajstić information content (AvgIpc) is 2.09. The minimum atomic E-state index is 0.401. The Kier molecular flexibility index (Phi) is 8.80. The van der Waals surface area contributed by atoms with E-state index in [0.29, 0.717) is 5.25 Å². The van der Waals surface area contributed by atoms with E-state index in [9.17, 15) is 0 Å². The van der Waals surface area contributed by atoms with Crippen LogP contribution in [0.15, 0.2) is 24.3 Å². The second-order valence-corrected chi connectivity index (χ2v) is 3.56. The van der Waals surface area contributed by atoms with Crippen LogP contribution in [0.5, 0.6) is 0 Å². The van der Waals surface area contributed by atoms with Crippen LogP contribution in [0.3, 0.4) is 0 Å². The number of rotatable bonds is 6. The first-order valence-corrected chi connectivity index (χ1v) is 5.32. The predicted octanol–water partition coefficient (Wildman–Crippen LogP) is 4.00. The molecule has 1 unspecified atom stereocenters. The summed E-state index contributed by atoms with van der Waals surface area (Å²) in [5.41, 5.74) is 0. The molecule has 0 heterocycles. The van der Waals surface area contributed by atoms with Crippen molar-refractivity contribution in [1.29, 1.82) is 0 Å². The van der Waals surface area contributed by atoms with E-state index in [-0.39, 0.29) is 0 Å². The molecule has 0 aliphatic heterocycles. The second kappa shape index (κ2) is 8.92. The maximum atomic E-state index is 4.43. The van der Waals surface area contributed by atoms with Gasteiger partial charge in [0.1, 0.15) is 0 Å². The van der Waals surface area contributed by atoms with E-state index in [1.54, 1.807) is 0 Å². The van der Waals surface area contributed by atoms with Crippen molar-refractivity contribution >= 4 is 12.6 Å². The van der Waals surface area contributed by atoms with Crippen LogP contribution in [0.25, 0.3) is 0 Å². The molecule has 0 nitrogen and oxygen atoms in total. The normalized spacial score (nSPS) is 14.6. The van der Waals surface area contributed by atoms with E-state index in [4.69, 9.17) is 0 Å².